The molecule has 1 heterocycles. The fourth-order valence-electron chi connectivity index (χ4n) is 1.50. The first-order chi connectivity index (χ1) is 8.97. The molecule has 0 spiro atoms. The third kappa shape index (κ3) is 2.01. The Morgan fingerprint density at radius 1 is 0.842 bits per heavy atom. The van der Waals surface area contributed by atoms with E-state index in [1.807, 2.05) is 0 Å². The zero-order chi connectivity index (χ0) is 14.2. The highest BCUT2D eigenvalue weighted by Crippen LogP contribution is 2.31. The van der Waals surface area contributed by atoms with Gasteiger partial charge in [0.1, 0.15) is 6.07 Å². The van der Waals surface area contributed by atoms with Gasteiger partial charge in [-0.2, -0.15) is 5.26 Å². The van der Waals surface area contributed by atoms with Crippen molar-refractivity contribution in [1.82, 2.24) is 4.98 Å². The highest BCUT2D eigenvalue weighted by molar-refractivity contribution is 5.65. The van der Waals surface area contributed by atoms with Crippen LogP contribution >= 0.6 is 0 Å². The summed E-state index contributed by atoms with van der Waals surface area (Å²) in [5.74, 6) is -10.3. The molecule has 0 saturated heterocycles. The van der Waals surface area contributed by atoms with Crippen molar-refractivity contribution < 1.29 is 22.0 Å². The first-order valence-corrected chi connectivity index (χ1v) is 4.84. The second-order valence-corrected chi connectivity index (χ2v) is 3.52. The smallest absolute Gasteiger partial charge is 0.200 e. The lowest BCUT2D eigenvalue weighted by molar-refractivity contribution is 0.381. The number of nitriles is 1. The van der Waals surface area contributed by atoms with Crippen molar-refractivity contribution in [3.63, 3.8) is 0 Å². The lowest BCUT2D eigenvalue weighted by atomic mass is 10.0. The molecule has 1 aromatic heterocycles. The molecule has 0 aliphatic carbocycles. The molecule has 0 saturated carbocycles. The van der Waals surface area contributed by atoms with E-state index in [9.17, 15) is 22.0 Å². The van der Waals surface area contributed by atoms with Crippen LogP contribution in [-0.4, -0.2) is 4.98 Å². The number of hydrogen-bond acceptors (Lipinski definition) is 2. The fourth-order valence-corrected chi connectivity index (χ4v) is 1.50. The quantitative estimate of drug-likeness (QED) is 0.453. The summed E-state index contributed by atoms with van der Waals surface area (Å²) < 4.78 is 65.9. The molecule has 0 atom stereocenters. The number of aromatic nitrogens is 1. The largest absolute Gasteiger partial charge is 0.263 e. The second-order valence-electron chi connectivity index (χ2n) is 3.52. The Balaban J connectivity index is 2.79. The minimum Gasteiger partial charge on any atom is -0.263 e. The van der Waals surface area contributed by atoms with E-state index in [4.69, 9.17) is 5.26 Å². The van der Waals surface area contributed by atoms with Crippen LogP contribution < -0.4 is 0 Å². The van der Waals surface area contributed by atoms with Gasteiger partial charge in [-0.15, -0.1) is 0 Å². The van der Waals surface area contributed by atoms with Crippen molar-refractivity contribution in [3.8, 4) is 17.2 Å². The fraction of sp³-hybridized carbons (Fsp3) is 0. The Bertz CT molecular complexity index is 677. The first kappa shape index (κ1) is 13.0. The van der Waals surface area contributed by atoms with Gasteiger partial charge in [-0.1, -0.05) is 0 Å². The van der Waals surface area contributed by atoms with Crippen LogP contribution in [0.25, 0.3) is 11.1 Å². The number of nitrogens with zero attached hydrogens (tertiary/aromatic N) is 2. The van der Waals surface area contributed by atoms with Gasteiger partial charge in [-0.3, -0.25) is 4.98 Å². The number of benzene rings is 1. The number of hydrogen-bond donors (Lipinski definition) is 0. The van der Waals surface area contributed by atoms with Gasteiger partial charge in [0.25, 0.3) is 0 Å². The van der Waals surface area contributed by atoms with E-state index >= 15 is 0 Å². The summed E-state index contributed by atoms with van der Waals surface area (Å²) >= 11 is 0. The summed E-state index contributed by atoms with van der Waals surface area (Å²) in [6.45, 7) is 0. The molecule has 2 rings (SSSR count). The number of pyridine rings is 1. The maximum Gasteiger partial charge on any atom is 0.200 e. The van der Waals surface area contributed by atoms with Crippen molar-refractivity contribution in [2.45, 2.75) is 0 Å². The van der Waals surface area contributed by atoms with Crippen LogP contribution in [0.1, 0.15) is 5.56 Å². The van der Waals surface area contributed by atoms with Gasteiger partial charge in [0.05, 0.1) is 11.1 Å². The van der Waals surface area contributed by atoms with E-state index in [0.29, 0.717) is 0 Å². The molecule has 7 heteroatoms. The van der Waals surface area contributed by atoms with Gasteiger partial charge in [-0.05, 0) is 6.07 Å². The predicted octanol–water partition coefficient (Wildman–Crippen LogP) is 3.32. The average molecular weight is 270 g/mol. The lowest BCUT2D eigenvalue weighted by Gasteiger charge is -2.08. The zero-order valence-corrected chi connectivity index (χ0v) is 9.02. The van der Waals surface area contributed by atoms with Gasteiger partial charge in [-0.25, -0.2) is 22.0 Å². The molecular weight excluding hydrogens is 267 g/mol. The van der Waals surface area contributed by atoms with Crippen molar-refractivity contribution in [1.29, 1.82) is 5.26 Å². The third-order valence-electron chi connectivity index (χ3n) is 2.37. The molecule has 0 amide bonds. The molecule has 0 bridgehead atoms. The number of halogens is 5. The van der Waals surface area contributed by atoms with Crippen LogP contribution in [0.4, 0.5) is 22.0 Å². The normalized spacial score (nSPS) is 10.3. The maximum absolute atomic E-state index is 13.5. The van der Waals surface area contributed by atoms with Crippen molar-refractivity contribution in [2.75, 3.05) is 0 Å². The van der Waals surface area contributed by atoms with Crippen molar-refractivity contribution in [2.24, 2.45) is 0 Å². The summed E-state index contributed by atoms with van der Waals surface area (Å²) in [6, 6.07) is 2.63. The Morgan fingerprint density at radius 3 is 1.89 bits per heavy atom. The van der Waals surface area contributed by atoms with E-state index in [2.05, 4.69) is 4.98 Å². The first-order valence-electron chi connectivity index (χ1n) is 4.84. The Morgan fingerprint density at radius 2 is 1.37 bits per heavy atom. The van der Waals surface area contributed by atoms with Gasteiger partial charge in [0.15, 0.2) is 23.3 Å². The molecule has 0 N–H and O–H groups in total. The molecule has 2 nitrogen and oxygen atoms in total. The molecule has 1 aromatic carbocycles. The molecule has 19 heavy (non-hydrogen) atoms. The molecule has 0 aliphatic heterocycles. The standard InChI is InChI=1S/C12H3F5N2/c13-8-7(6-1-5(2-18)3-19-4-6)9(14)11(16)12(17)10(8)15/h1,3-4H. The number of rotatable bonds is 1. The molecule has 96 valence electrons. The second kappa shape index (κ2) is 4.65. The van der Waals surface area contributed by atoms with Gasteiger partial charge >= 0.3 is 0 Å². The van der Waals surface area contributed by atoms with Crippen LogP contribution in [0.2, 0.25) is 0 Å². The monoisotopic (exact) mass is 270 g/mol. The highest BCUT2D eigenvalue weighted by Gasteiger charge is 2.26. The van der Waals surface area contributed by atoms with Crippen LogP contribution in [0.5, 0.6) is 0 Å². The molecule has 0 aliphatic rings. The van der Waals surface area contributed by atoms with Crippen LogP contribution in [-0.2, 0) is 0 Å². The Hall–Kier alpha value is -2.49. The summed E-state index contributed by atoms with van der Waals surface area (Å²) in [5, 5.41) is 8.62. The van der Waals surface area contributed by atoms with E-state index in [1.165, 1.54) is 0 Å². The van der Waals surface area contributed by atoms with Crippen LogP contribution in [0, 0.1) is 40.4 Å². The van der Waals surface area contributed by atoms with Crippen LogP contribution in [0.3, 0.4) is 0 Å². The average Bonchev–Trinajstić information content (AvgIpc) is 2.43. The van der Waals surface area contributed by atoms with E-state index in [-0.39, 0.29) is 11.1 Å². The van der Waals surface area contributed by atoms with E-state index < -0.39 is 34.6 Å². The van der Waals surface area contributed by atoms with Gasteiger partial charge in [0, 0.05) is 18.0 Å². The Labute approximate surface area is 103 Å². The highest BCUT2D eigenvalue weighted by atomic mass is 19.2. The minimum atomic E-state index is -2.23. The van der Waals surface area contributed by atoms with Crippen molar-refractivity contribution in [3.05, 3.63) is 53.1 Å². The summed E-state index contributed by atoms with van der Waals surface area (Å²) in [5.41, 5.74) is -1.55. The zero-order valence-electron chi connectivity index (χ0n) is 9.02. The lowest BCUT2D eigenvalue weighted by Crippen LogP contribution is -2.04. The SMILES string of the molecule is N#Cc1cncc(-c2c(F)c(F)c(F)c(F)c2F)c1. The summed E-state index contributed by atoms with van der Waals surface area (Å²) in [7, 11) is 0. The van der Waals surface area contributed by atoms with Gasteiger partial charge < -0.3 is 0 Å². The molecule has 0 unspecified atom stereocenters. The van der Waals surface area contributed by atoms with E-state index in [0.717, 1.165) is 18.5 Å². The topological polar surface area (TPSA) is 36.7 Å². The molecule has 2 aromatic rings. The maximum atomic E-state index is 13.5. The van der Waals surface area contributed by atoms with Crippen LogP contribution in [0.15, 0.2) is 18.5 Å². The summed E-state index contributed by atoms with van der Waals surface area (Å²) in [4.78, 5) is 3.50. The van der Waals surface area contributed by atoms with Crippen molar-refractivity contribution >= 4 is 0 Å². The van der Waals surface area contributed by atoms with Gasteiger partial charge in [0.2, 0.25) is 5.82 Å². The van der Waals surface area contributed by atoms with E-state index in [1.54, 1.807) is 6.07 Å². The predicted molar refractivity (Wildman–Crippen MR) is 54.2 cm³/mol. The Kier molecular flexibility index (Phi) is 3.17. The third-order valence-corrected chi connectivity index (χ3v) is 2.37. The molecular formula is C12H3F5N2. The molecule has 0 radical (unpaired) electrons. The minimum absolute atomic E-state index is 0.0681. The summed E-state index contributed by atoms with van der Waals surface area (Å²) in [6.07, 6.45) is 1.99. The molecule has 0 fully saturated rings.